The van der Waals surface area contributed by atoms with Gasteiger partial charge >= 0.3 is 0 Å². The molecule has 2 rings (SSSR count). The molecule has 0 amide bonds. The zero-order valence-electron chi connectivity index (χ0n) is 12.0. The number of nitrogens with zero attached hydrogens (tertiary/aromatic N) is 2. The molecule has 1 aromatic rings. The lowest BCUT2D eigenvalue weighted by atomic mass is 10.0. The SMILES string of the molecule is CN1CCC(N(C)CC(Cl)c2cc(F)ccc2F)CC1. The fourth-order valence-electron chi connectivity index (χ4n) is 2.69. The summed E-state index contributed by atoms with van der Waals surface area (Å²) in [7, 11) is 4.12. The van der Waals surface area contributed by atoms with Crippen LogP contribution in [-0.4, -0.2) is 49.6 Å². The Morgan fingerprint density at radius 3 is 2.65 bits per heavy atom. The summed E-state index contributed by atoms with van der Waals surface area (Å²) in [6.45, 7) is 2.66. The zero-order valence-corrected chi connectivity index (χ0v) is 12.7. The Labute approximate surface area is 124 Å². The first-order chi connectivity index (χ1) is 9.47. The second-order valence-electron chi connectivity index (χ2n) is 5.61. The molecule has 1 atom stereocenters. The molecule has 0 spiro atoms. The normalized spacial score (nSPS) is 19.5. The number of likely N-dealkylation sites (tertiary alicyclic amines) is 1. The van der Waals surface area contributed by atoms with Gasteiger partial charge in [0, 0.05) is 18.2 Å². The van der Waals surface area contributed by atoms with E-state index in [1.807, 2.05) is 7.05 Å². The molecule has 20 heavy (non-hydrogen) atoms. The number of benzene rings is 1. The van der Waals surface area contributed by atoms with Crippen LogP contribution in [0.3, 0.4) is 0 Å². The molecule has 1 aliphatic rings. The van der Waals surface area contributed by atoms with E-state index in [1.165, 1.54) is 6.07 Å². The second-order valence-corrected chi connectivity index (χ2v) is 6.13. The van der Waals surface area contributed by atoms with E-state index in [2.05, 4.69) is 16.8 Å². The molecule has 1 unspecified atom stereocenters. The molecule has 0 aromatic heterocycles. The molecule has 1 fully saturated rings. The van der Waals surface area contributed by atoms with Crippen molar-refractivity contribution in [3.8, 4) is 0 Å². The van der Waals surface area contributed by atoms with Crippen LogP contribution in [0.15, 0.2) is 18.2 Å². The van der Waals surface area contributed by atoms with E-state index in [-0.39, 0.29) is 5.56 Å². The van der Waals surface area contributed by atoms with Crippen LogP contribution in [0.5, 0.6) is 0 Å². The summed E-state index contributed by atoms with van der Waals surface area (Å²) in [5, 5.41) is -0.532. The number of likely N-dealkylation sites (N-methyl/N-ethyl adjacent to an activating group) is 1. The van der Waals surface area contributed by atoms with E-state index in [9.17, 15) is 8.78 Å². The van der Waals surface area contributed by atoms with Crippen molar-refractivity contribution < 1.29 is 8.78 Å². The third-order valence-corrected chi connectivity index (χ3v) is 4.43. The third-order valence-electron chi connectivity index (χ3n) is 4.06. The molecule has 0 N–H and O–H groups in total. The van der Waals surface area contributed by atoms with E-state index in [4.69, 9.17) is 11.6 Å². The summed E-state index contributed by atoms with van der Waals surface area (Å²) < 4.78 is 26.9. The number of halogens is 3. The van der Waals surface area contributed by atoms with Crippen LogP contribution in [0, 0.1) is 11.6 Å². The van der Waals surface area contributed by atoms with Gasteiger partial charge in [0.2, 0.25) is 0 Å². The van der Waals surface area contributed by atoms with Crippen LogP contribution in [0.25, 0.3) is 0 Å². The van der Waals surface area contributed by atoms with Crippen molar-refractivity contribution in [3.05, 3.63) is 35.4 Å². The quantitative estimate of drug-likeness (QED) is 0.788. The first-order valence-electron chi connectivity index (χ1n) is 6.95. The Hall–Kier alpha value is -0.710. The van der Waals surface area contributed by atoms with Gasteiger partial charge in [-0.25, -0.2) is 8.78 Å². The van der Waals surface area contributed by atoms with Crippen LogP contribution >= 0.6 is 11.6 Å². The molecule has 2 nitrogen and oxygen atoms in total. The van der Waals surface area contributed by atoms with Crippen LogP contribution in [0.1, 0.15) is 23.8 Å². The third kappa shape index (κ3) is 3.90. The molecule has 1 saturated heterocycles. The Bertz CT molecular complexity index is 447. The maximum absolute atomic E-state index is 13.7. The van der Waals surface area contributed by atoms with E-state index < -0.39 is 17.0 Å². The van der Waals surface area contributed by atoms with Crippen LogP contribution in [-0.2, 0) is 0 Å². The van der Waals surface area contributed by atoms with Crippen molar-refractivity contribution in [1.82, 2.24) is 9.80 Å². The van der Waals surface area contributed by atoms with Crippen LogP contribution in [0.2, 0.25) is 0 Å². The van der Waals surface area contributed by atoms with E-state index in [1.54, 1.807) is 0 Å². The monoisotopic (exact) mass is 302 g/mol. The Kier molecular flexibility index (Phi) is 5.35. The highest BCUT2D eigenvalue weighted by Crippen LogP contribution is 2.26. The molecule has 5 heteroatoms. The molecule has 1 aliphatic heterocycles. The summed E-state index contributed by atoms with van der Waals surface area (Å²) in [6, 6.07) is 3.90. The van der Waals surface area contributed by atoms with E-state index in [0.717, 1.165) is 38.1 Å². The lowest BCUT2D eigenvalue weighted by molar-refractivity contribution is 0.144. The number of alkyl halides is 1. The van der Waals surface area contributed by atoms with Gasteiger partial charge in [0.1, 0.15) is 11.6 Å². The van der Waals surface area contributed by atoms with Gasteiger partial charge in [-0.2, -0.15) is 0 Å². The highest BCUT2D eigenvalue weighted by atomic mass is 35.5. The van der Waals surface area contributed by atoms with Gasteiger partial charge in [0.25, 0.3) is 0 Å². The van der Waals surface area contributed by atoms with Crippen molar-refractivity contribution in [2.45, 2.75) is 24.3 Å². The Balaban J connectivity index is 1.96. The summed E-state index contributed by atoms with van der Waals surface area (Å²) in [6.07, 6.45) is 2.17. The first-order valence-corrected chi connectivity index (χ1v) is 7.39. The van der Waals surface area contributed by atoms with Crippen molar-refractivity contribution in [2.24, 2.45) is 0 Å². The number of rotatable bonds is 4. The minimum atomic E-state index is -0.532. The number of piperidine rings is 1. The molecule has 0 radical (unpaired) electrons. The molecule has 0 saturated carbocycles. The summed E-state index contributed by atoms with van der Waals surface area (Å²) >= 11 is 6.27. The molecule has 0 bridgehead atoms. The predicted octanol–water partition coefficient (Wildman–Crippen LogP) is 3.27. The Morgan fingerprint density at radius 2 is 2.00 bits per heavy atom. The largest absolute Gasteiger partial charge is 0.306 e. The molecule has 1 aromatic carbocycles. The van der Waals surface area contributed by atoms with Crippen molar-refractivity contribution in [1.29, 1.82) is 0 Å². The van der Waals surface area contributed by atoms with Gasteiger partial charge in [-0.05, 0) is 58.2 Å². The topological polar surface area (TPSA) is 6.48 Å². The summed E-state index contributed by atoms with van der Waals surface area (Å²) in [4.78, 5) is 4.46. The number of hydrogen-bond donors (Lipinski definition) is 0. The van der Waals surface area contributed by atoms with Gasteiger partial charge in [-0.3, -0.25) is 0 Å². The van der Waals surface area contributed by atoms with Crippen molar-refractivity contribution in [3.63, 3.8) is 0 Å². The predicted molar refractivity (Wildman–Crippen MR) is 78.1 cm³/mol. The standard InChI is InChI=1S/C15H21ClF2N2/c1-19-7-5-12(6-8-19)20(2)10-14(16)13-9-11(17)3-4-15(13)18/h3-4,9,12,14H,5-8,10H2,1-2H3. The maximum Gasteiger partial charge on any atom is 0.128 e. The lowest BCUT2D eigenvalue weighted by Gasteiger charge is -2.36. The first kappa shape index (κ1) is 15.7. The van der Waals surface area contributed by atoms with Crippen LogP contribution < -0.4 is 0 Å². The van der Waals surface area contributed by atoms with E-state index >= 15 is 0 Å². The highest BCUT2D eigenvalue weighted by Gasteiger charge is 2.23. The van der Waals surface area contributed by atoms with Gasteiger partial charge in [0.05, 0.1) is 5.38 Å². The second kappa shape index (κ2) is 6.83. The van der Waals surface area contributed by atoms with Gasteiger partial charge in [0.15, 0.2) is 0 Å². The molecular weight excluding hydrogens is 282 g/mol. The fourth-order valence-corrected chi connectivity index (χ4v) is 3.08. The minimum absolute atomic E-state index is 0.242. The average molecular weight is 303 g/mol. The maximum atomic E-state index is 13.7. The molecule has 112 valence electrons. The smallest absolute Gasteiger partial charge is 0.128 e. The van der Waals surface area contributed by atoms with E-state index in [0.29, 0.717) is 12.6 Å². The molecule has 1 heterocycles. The fraction of sp³-hybridized carbons (Fsp3) is 0.600. The van der Waals surface area contributed by atoms with Crippen molar-refractivity contribution in [2.75, 3.05) is 33.7 Å². The lowest BCUT2D eigenvalue weighted by Crippen LogP contribution is -2.42. The minimum Gasteiger partial charge on any atom is -0.306 e. The van der Waals surface area contributed by atoms with Crippen molar-refractivity contribution >= 4 is 11.6 Å². The summed E-state index contributed by atoms with van der Waals surface area (Å²) in [5.41, 5.74) is 0.242. The molecule has 0 aliphatic carbocycles. The summed E-state index contributed by atoms with van der Waals surface area (Å²) in [5.74, 6) is -0.892. The van der Waals surface area contributed by atoms with Gasteiger partial charge in [-0.15, -0.1) is 11.6 Å². The van der Waals surface area contributed by atoms with Crippen LogP contribution in [0.4, 0.5) is 8.78 Å². The highest BCUT2D eigenvalue weighted by molar-refractivity contribution is 6.21. The average Bonchev–Trinajstić information content (AvgIpc) is 2.42. The molecular formula is C15H21ClF2N2. The zero-order chi connectivity index (χ0) is 14.7. The Morgan fingerprint density at radius 1 is 1.35 bits per heavy atom. The van der Waals surface area contributed by atoms with Gasteiger partial charge in [-0.1, -0.05) is 0 Å². The number of hydrogen-bond acceptors (Lipinski definition) is 2. The van der Waals surface area contributed by atoms with Gasteiger partial charge < -0.3 is 9.80 Å².